The van der Waals surface area contributed by atoms with Crippen LogP contribution in [-0.2, 0) is 16.1 Å². The van der Waals surface area contributed by atoms with Gasteiger partial charge >= 0.3 is 0 Å². The topological polar surface area (TPSA) is 144 Å². The van der Waals surface area contributed by atoms with Crippen LogP contribution in [0.4, 0.5) is 0 Å². The van der Waals surface area contributed by atoms with E-state index in [-0.39, 0.29) is 44.4 Å². The van der Waals surface area contributed by atoms with E-state index >= 15 is 0 Å². The third-order valence-electron chi connectivity index (χ3n) is 7.34. The molecular weight excluding hydrogens is 520 g/mol. The number of fused-ring (bicyclic) bond motifs is 4. The van der Waals surface area contributed by atoms with E-state index in [9.17, 15) is 24.6 Å². The normalized spacial score (nSPS) is 21.9. The molecule has 2 aliphatic heterocycles. The van der Waals surface area contributed by atoms with Gasteiger partial charge in [-0.25, -0.2) is 0 Å². The summed E-state index contributed by atoms with van der Waals surface area (Å²) in [6, 6.07) is 7.61. The quantitative estimate of drug-likeness (QED) is 0.375. The first-order valence-corrected chi connectivity index (χ1v) is 13.2. The Hall–Kier alpha value is -4.09. The zero-order valence-corrected chi connectivity index (χ0v) is 22.3. The van der Waals surface area contributed by atoms with Gasteiger partial charge in [-0.05, 0) is 42.3 Å². The lowest BCUT2D eigenvalue weighted by atomic mass is 9.77. The molecule has 0 fully saturated rings. The van der Waals surface area contributed by atoms with Gasteiger partial charge in [0.05, 0.1) is 25.7 Å². The summed E-state index contributed by atoms with van der Waals surface area (Å²) in [6.07, 6.45) is 0.934. The van der Waals surface area contributed by atoms with Gasteiger partial charge in [-0.1, -0.05) is 13.0 Å². The third kappa shape index (κ3) is 4.98. The Morgan fingerprint density at radius 3 is 2.73 bits per heavy atom. The minimum Gasteiger partial charge on any atom is -0.493 e. The van der Waals surface area contributed by atoms with Gasteiger partial charge < -0.3 is 39.4 Å². The van der Waals surface area contributed by atoms with Crippen LogP contribution in [0.5, 0.6) is 23.0 Å². The van der Waals surface area contributed by atoms with Gasteiger partial charge in [0.2, 0.25) is 18.6 Å². The molecule has 212 valence electrons. The average Bonchev–Trinajstić information content (AvgIpc) is 3.59. The van der Waals surface area contributed by atoms with Gasteiger partial charge in [-0.3, -0.25) is 14.4 Å². The standard InChI is InChI=1S/C29H32N2O9/c1-3-4-24(34)31(13-16-5-6-21-22(10-16)39-15-38-21)20-12-19(29(36)30-7-8-32)25-18-9-17(14-33)11-23(37-2)27(18)40-28(25)26(20)35/h5-6,9-12,14,20,25-26,28,32,35H,3-4,7-8,13,15H2,1-2H3,(H,30,36). The lowest BCUT2D eigenvalue weighted by molar-refractivity contribution is -0.138. The molecule has 0 radical (unpaired) electrons. The van der Waals surface area contributed by atoms with Gasteiger partial charge in [-0.15, -0.1) is 0 Å². The summed E-state index contributed by atoms with van der Waals surface area (Å²) in [6.45, 7) is 1.90. The van der Waals surface area contributed by atoms with Gasteiger partial charge in [0.15, 0.2) is 23.0 Å². The number of benzene rings is 2. The number of nitrogens with zero attached hydrogens (tertiary/aromatic N) is 1. The van der Waals surface area contributed by atoms with E-state index in [0.717, 1.165) is 5.56 Å². The van der Waals surface area contributed by atoms with Crippen LogP contribution in [0.1, 0.15) is 47.2 Å². The molecule has 4 unspecified atom stereocenters. The Kier molecular flexibility index (Phi) is 7.95. The molecule has 1 aliphatic carbocycles. The fourth-order valence-electron chi connectivity index (χ4n) is 5.51. The highest BCUT2D eigenvalue weighted by atomic mass is 16.7. The second-order valence-corrected chi connectivity index (χ2v) is 9.86. The lowest BCUT2D eigenvalue weighted by Crippen LogP contribution is -2.55. The first-order valence-electron chi connectivity index (χ1n) is 13.2. The van der Waals surface area contributed by atoms with E-state index < -0.39 is 30.1 Å². The molecule has 0 aromatic heterocycles. The Morgan fingerprint density at radius 2 is 2.00 bits per heavy atom. The van der Waals surface area contributed by atoms with Crippen molar-refractivity contribution in [2.75, 3.05) is 27.1 Å². The van der Waals surface area contributed by atoms with Crippen molar-refractivity contribution >= 4 is 18.1 Å². The smallest absolute Gasteiger partial charge is 0.247 e. The van der Waals surface area contributed by atoms with Gasteiger partial charge in [0, 0.05) is 36.2 Å². The predicted octanol–water partition coefficient (Wildman–Crippen LogP) is 1.69. The molecule has 40 heavy (non-hydrogen) atoms. The molecular formula is C29H32N2O9. The number of methoxy groups -OCH3 is 1. The molecule has 5 rings (SSSR count). The van der Waals surface area contributed by atoms with Crippen molar-refractivity contribution in [2.24, 2.45) is 0 Å². The number of aldehydes is 1. The van der Waals surface area contributed by atoms with Gasteiger partial charge in [0.1, 0.15) is 18.5 Å². The van der Waals surface area contributed by atoms with Crippen molar-refractivity contribution in [2.45, 2.75) is 50.5 Å². The summed E-state index contributed by atoms with van der Waals surface area (Å²) in [5.74, 6) is 0.390. The van der Waals surface area contributed by atoms with Crippen LogP contribution in [-0.4, -0.2) is 78.5 Å². The first-order chi connectivity index (χ1) is 19.4. The minimum absolute atomic E-state index is 0.0157. The zero-order valence-electron chi connectivity index (χ0n) is 22.3. The van der Waals surface area contributed by atoms with Gasteiger partial charge in [0.25, 0.3) is 0 Å². The Labute approximate surface area is 231 Å². The second kappa shape index (κ2) is 11.6. The third-order valence-corrected chi connectivity index (χ3v) is 7.34. The Bertz CT molecular complexity index is 1340. The van der Waals surface area contributed by atoms with Crippen LogP contribution in [0.2, 0.25) is 0 Å². The molecule has 2 aromatic rings. The summed E-state index contributed by atoms with van der Waals surface area (Å²) in [4.78, 5) is 40.1. The van der Waals surface area contributed by atoms with E-state index in [0.29, 0.717) is 46.8 Å². The SMILES string of the molecule is CCCC(=O)N(Cc1ccc2c(c1)OCO2)C1C=C(C(=O)NCCO)C2c3cc(C=O)cc(OC)c3OC2C1O. The van der Waals surface area contributed by atoms with E-state index in [1.807, 2.05) is 13.0 Å². The molecule has 3 N–H and O–H groups in total. The number of aliphatic hydroxyl groups is 2. The lowest BCUT2D eigenvalue weighted by Gasteiger charge is -2.40. The highest BCUT2D eigenvalue weighted by Gasteiger charge is 2.51. The summed E-state index contributed by atoms with van der Waals surface area (Å²) in [5.41, 5.74) is 1.87. The first kappa shape index (κ1) is 27.5. The van der Waals surface area contributed by atoms with Crippen LogP contribution in [0.25, 0.3) is 0 Å². The zero-order chi connectivity index (χ0) is 28.4. The number of rotatable bonds is 10. The summed E-state index contributed by atoms with van der Waals surface area (Å²) in [5, 5.41) is 23.7. The molecule has 0 spiro atoms. The molecule has 4 atom stereocenters. The van der Waals surface area contributed by atoms with Crippen LogP contribution in [0.15, 0.2) is 42.0 Å². The number of aliphatic hydroxyl groups excluding tert-OH is 2. The maximum absolute atomic E-state index is 13.5. The van der Waals surface area contributed by atoms with E-state index in [1.54, 1.807) is 29.2 Å². The van der Waals surface area contributed by atoms with Crippen LogP contribution >= 0.6 is 0 Å². The largest absolute Gasteiger partial charge is 0.493 e. The van der Waals surface area contributed by atoms with Crippen LogP contribution in [0.3, 0.4) is 0 Å². The number of nitrogens with one attached hydrogen (secondary N) is 1. The van der Waals surface area contributed by atoms with E-state index in [2.05, 4.69) is 5.32 Å². The Morgan fingerprint density at radius 1 is 1.20 bits per heavy atom. The monoisotopic (exact) mass is 552 g/mol. The fraction of sp³-hybridized carbons (Fsp3) is 0.414. The molecule has 2 aromatic carbocycles. The Balaban J connectivity index is 1.58. The van der Waals surface area contributed by atoms with Crippen molar-refractivity contribution in [1.29, 1.82) is 0 Å². The average molecular weight is 553 g/mol. The predicted molar refractivity (Wildman–Crippen MR) is 142 cm³/mol. The molecule has 2 heterocycles. The van der Waals surface area contributed by atoms with Crippen molar-refractivity contribution < 1.29 is 43.5 Å². The van der Waals surface area contributed by atoms with Crippen molar-refractivity contribution in [3.8, 4) is 23.0 Å². The number of ether oxygens (including phenoxy) is 4. The molecule has 0 bridgehead atoms. The number of amides is 2. The van der Waals surface area contributed by atoms with Crippen LogP contribution in [0, 0.1) is 0 Å². The molecule has 11 nitrogen and oxygen atoms in total. The summed E-state index contributed by atoms with van der Waals surface area (Å²) < 4.78 is 22.6. The maximum Gasteiger partial charge on any atom is 0.247 e. The van der Waals surface area contributed by atoms with Crippen LogP contribution < -0.4 is 24.3 Å². The molecule has 0 saturated heterocycles. The van der Waals surface area contributed by atoms with Crippen molar-refractivity contribution in [1.82, 2.24) is 10.2 Å². The molecule has 11 heteroatoms. The van der Waals surface area contributed by atoms with Crippen molar-refractivity contribution in [3.05, 3.63) is 58.7 Å². The number of carbonyl (C=O) groups excluding carboxylic acids is 3. The molecule has 2 amide bonds. The minimum atomic E-state index is -1.22. The van der Waals surface area contributed by atoms with Gasteiger partial charge in [-0.2, -0.15) is 0 Å². The highest BCUT2D eigenvalue weighted by Crippen LogP contribution is 2.51. The second-order valence-electron chi connectivity index (χ2n) is 9.86. The fourth-order valence-corrected chi connectivity index (χ4v) is 5.51. The van der Waals surface area contributed by atoms with Crippen molar-refractivity contribution in [3.63, 3.8) is 0 Å². The number of hydrogen-bond donors (Lipinski definition) is 3. The number of hydrogen-bond acceptors (Lipinski definition) is 9. The number of carbonyl (C=O) groups is 3. The van der Waals surface area contributed by atoms with E-state index in [4.69, 9.17) is 18.9 Å². The molecule has 3 aliphatic rings. The highest BCUT2D eigenvalue weighted by molar-refractivity contribution is 5.96. The molecule has 0 saturated carbocycles. The van der Waals surface area contributed by atoms with E-state index in [1.165, 1.54) is 13.2 Å². The summed E-state index contributed by atoms with van der Waals surface area (Å²) >= 11 is 0. The maximum atomic E-state index is 13.5. The summed E-state index contributed by atoms with van der Waals surface area (Å²) in [7, 11) is 1.44.